The molecule has 2 rings (SSSR count). The highest BCUT2D eigenvalue weighted by Gasteiger charge is 2.20. The number of amides is 1. The standard InChI is InChI=1S/C16H30N6O.2ClH/c1-12(2)9-14(21(3)4)10-18-16(23)15-11-22(20-19-15)13-5-7-17-8-6-13;;/h11-14,17H,5-10H2,1-4H3,(H,18,23);2*1H. The molecule has 1 aromatic heterocycles. The number of likely N-dealkylation sites (N-methyl/N-ethyl adjacent to an activating group) is 1. The van der Waals surface area contributed by atoms with Crippen LogP contribution in [0, 0.1) is 5.92 Å². The highest BCUT2D eigenvalue weighted by molar-refractivity contribution is 5.91. The van der Waals surface area contributed by atoms with Crippen LogP contribution in [-0.2, 0) is 0 Å². The van der Waals surface area contributed by atoms with Gasteiger partial charge < -0.3 is 15.5 Å². The summed E-state index contributed by atoms with van der Waals surface area (Å²) in [5.41, 5.74) is 0.408. The summed E-state index contributed by atoms with van der Waals surface area (Å²) < 4.78 is 1.84. The molecule has 1 aliphatic heterocycles. The number of halogens is 2. The predicted octanol–water partition coefficient (Wildman–Crippen LogP) is 1.75. The number of nitrogens with one attached hydrogen (secondary N) is 2. The molecule has 1 fully saturated rings. The molecule has 0 saturated carbocycles. The van der Waals surface area contributed by atoms with Crippen LogP contribution in [0.1, 0.15) is 49.6 Å². The van der Waals surface area contributed by atoms with Crippen molar-refractivity contribution in [2.24, 2.45) is 5.92 Å². The first-order chi connectivity index (χ1) is 11.0. The molecule has 1 amide bonds. The molecule has 1 unspecified atom stereocenters. The van der Waals surface area contributed by atoms with Crippen LogP contribution in [0.15, 0.2) is 6.20 Å². The van der Waals surface area contributed by atoms with Crippen molar-refractivity contribution in [1.82, 2.24) is 30.5 Å². The summed E-state index contributed by atoms with van der Waals surface area (Å²) in [5.74, 6) is 0.459. The van der Waals surface area contributed by atoms with E-state index in [9.17, 15) is 4.79 Å². The summed E-state index contributed by atoms with van der Waals surface area (Å²) in [6, 6.07) is 0.680. The zero-order valence-electron chi connectivity index (χ0n) is 15.6. The first-order valence-electron chi connectivity index (χ1n) is 8.54. The van der Waals surface area contributed by atoms with Crippen molar-refractivity contribution in [2.45, 2.75) is 45.2 Å². The zero-order valence-corrected chi connectivity index (χ0v) is 17.2. The molecule has 0 spiro atoms. The Labute approximate surface area is 163 Å². The summed E-state index contributed by atoms with van der Waals surface area (Å²) in [6.45, 7) is 7.01. The van der Waals surface area contributed by atoms with E-state index in [-0.39, 0.29) is 30.7 Å². The zero-order chi connectivity index (χ0) is 16.8. The van der Waals surface area contributed by atoms with E-state index < -0.39 is 0 Å². The van der Waals surface area contributed by atoms with Crippen molar-refractivity contribution in [3.8, 4) is 0 Å². The van der Waals surface area contributed by atoms with Crippen LogP contribution in [-0.4, -0.2) is 65.6 Å². The Bertz CT molecular complexity index is 503. The van der Waals surface area contributed by atoms with Crippen LogP contribution in [0.5, 0.6) is 0 Å². The molecule has 25 heavy (non-hydrogen) atoms. The van der Waals surface area contributed by atoms with Gasteiger partial charge in [-0.25, -0.2) is 4.68 Å². The van der Waals surface area contributed by atoms with E-state index in [1.54, 1.807) is 6.20 Å². The molecule has 1 aromatic rings. The third kappa shape index (κ3) is 7.48. The van der Waals surface area contributed by atoms with Crippen molar-refractivity contribution in [3.63, 3.8) is 0 Å². The molecule has 0 radical (unpaired) electrons. The third-order valence-corrected chi connectivity index (χ3v) is 4.40. The van der Waals surface area contributed by atoms with E-state index >= 15 is 0 Å². The van der Waals surface area contributed by atoms with Gasteiger partial charge in [0.05, 0.1) is 12.2 Å². The van der Waals surface area contributed by atoms with Gasteiger partial charge >= 0.3 is 0 Å². The number of carbonyl (C=O) groups excluding carboxylic acids is 1. The second kappa shape index (κ2) is 11.7. The van der Waals surface area contributed by atoms with Gasteiger partial charge in [0.2, 0.25) is 0 Å². The number of carbonyl (C=O) groups is 1. The number of aromatic nitrogens is 3. The molecular formula is C16H32Cl2N6O. The second-order valence-corrected chi connectivity index (χ2v) is 7.02. The summed E-state index contributed by atoms with van der Waals surface area (Å²) >= 11 is 0. The summed E-state index contributed by atoms with van der Waals surface area (Å²) in [4.78, 5) is 14.5. The van der Waals surface area contributed by atoms with Crippen molar-refractivity contribution in [3.05, 3.63) is 11.9 Å². The van der Waals surface area contributed by atoms with Gasteiger partial charge in [-0.1, -0.05) is 19.1 Å². The molecule has 1 atom stereocenters. The fourth-order valence-corrected chi connectivity index (χ4v) is 2.95. The Hall–Kier alpha value is -0.890. The maximum absolute atomic E-state index is 12.3. The quantitative estimate of drug-likeness (QED) is 0.736. The number of hydrogen-bond acceptors (Lipinski definition) is 5. The number of piperidine rings is 1. The molecule has 0 aliphatic carbocycles. The van der Waals surface area contributed by atoms with Gasteiger partial charge in [-0.2, -0.15) is 0 Å². The molecule has 9 heteroatoms. The molecular weight excluding hydrogens is 363 g/mol. The maximum atomic E-state index is 12.3. The SMILES string of the molecule is CC(C)CC(CNC(=O)c1cn(C2CCNCC2)nn1)N(C)C.Cl.Cl. The molecule has 0 bridgehead atoms. The molecule has 1 aliphatic rings. The van der Waals surface area contributed by atoms with Gasteiger partial charge in [-0.05, 0) is 52.4 Å². The lowest BCUT2D eigenvalue weighted by molar-refractivity contribution is 0.0933. The fourth-order valence-electron chi connectivity index (χ4n) is 2.95. The lowest BCUT2D eigenvalue weighted by Gasteiger charge is -2.26. The van der Waals surface area contributed by atoms with Crippen molar-refractivity contribution < 1.29 is 4.79 Å². The Morgan fingerprint density at radius 3 is 2.56 bits per heavy atom. The fraction of sp³-hybridized carbons (Fsp3) is 0.812. The molecule has 0 aromatic carbocycles. The molecule has 7 nitrogen and oxygen atoms in total. The van der Waals surface area contributed by atoms with Crippen LogP contribution in [0.2, 0.25) is 0 Å². The van der Waals surface area contributed by atoms with E-state index in [0.717, 1.165) is 32.4 Å². The molecule has 2 N–H and O–H groups in total. The topological polar surface area (TPSA) is 75.1 Å². The van der Waals surface area contributed by atoms with Gasteiger partial charge in [0, 0.05) is 12.6 Å². The van der Waals surface area contributed by atoms with E-state index in [1.165, 1.54) is 0 Å². The Morgan fingerprint density at radius 2 is 2.00 bits per heavy atom. The van der Waals surface area contributed by atoms with E-state index in [0.29, 0.717) is 30.2 Å². The minimum absolute atomic E-state index is 0. The Kier molecular flexibility index (Phi) is 11.3. The summed E-state index contributed by atoms with van der Waals surface area (Å²) in [7, 11) is 4.10. The average molecular weight is 395 g/mol. The highest BCUT2D eigenvalue weighted by atomic mass is 35.5. The normalized spacial score (nSPS) is 16.2. The first kappa shape index (κ1) is 24.1. The van der Waals surface area contributed by atoms with Crippen LogP contribution < -0.4 is 10.6 Å². The number of rotatable bonds is 7. The Morgan fingerprint density at radius 1 is 1.36 bits per heavy atom. The lowest BCUT2D eigenvalue weighted by atomic mass is 10.0. The van der Waals surface area contributed by atoms with Crippen molar-refractivity contribution in [1.29, 1.82) is 0 Å². The van der Waals surface area contributed by atoms with Crippen LogP contribution >= 0.6 is 24.8 Å². The predicted molar refractivity (Wildman–Crippen MR) is 105 cm³/mol. The summed E-state index contributed by atoms with van der Waals surface area (Å²) in [6.07, 6.45) is 4.89. The van der Waals surface area contributed by atoms with Crippen molar-refractivity contribution in [2.75, 3.05) is 33.7 Å². The Balaban J connectivity index is 0.00000288. The molecule has 146 valence electrons. The van der Waals surface area contributed by atoms with Gasteiger partial charge in [0.1, 0.15) is 0 Å². The lowest BCUT2D eigenvalue weighted by Crippen LogP contribution is -2.41. The van der Waals surface area contributed by atoms with Crippen LogP contribution in [0.4, 0.5) is 0 Å². The summed E-state index contributed by atoms with van der Waals surface area (Å²) in [5, 5.41) is 14.5. The van der Waals surface area contributed by atoms with Gasteiger partial charge in [-0.15, -0.1) is 29.9 Å². The third-order valence-electron chi connectivity index (χ3n) is 4.40. The minimum Gasteiger partial charge on any atom is -0.349 e. The largest absolute Gasteiger partial charge is 0.349 e. The number of hydrogen-bond donors (Lipinski definition) is 2. The second-order valence-electron chi connectivity index (χ2n) is 7.02. The van der Waals surface area contributed by atoms with Crippen molar-refractivity contribution >= 4 is 30.7 Å². The van der Waals surface area contributed by atoms with Gasteiger partial charge in [-0.3, -0.25) is 4.79 Å². The van der Waals surface area contributed by atoms with Gasteiger partial charge in [0.25, 0.3) is 5.91 Å². The minimum atomic E-state index is -0.138. The first-order valence-corrected chi connectivity index (χ1v) is 8.54. The smallest absolute Gasteiger partial charge is 0.273 e. The highest BCUT2D eigenvalue weighted by Crippen LogP contribution is 2.17. The van der Waals surface area contributed by atoms with E-state index in [4.69, 9.17) is 0 Å². The monoisotopic (exact) mass is 394 g/mol. The molecule has 1 saturated heterocycles. The number of nitrogens with zero attached hydrogens (tertiary/aromatic N) is 4. The average Bonchev–Trinajstić information content (AvgIpc) is 3.01. The molecule has 2 heterocycles. The van der Waals surface area contributed by atoms with E-state index in [2.05, 4.69) is 39.7 Å². The van der Waals surface area contributed by atoms with Crippen LogP contribution in [0.3, 0.4) is 0 Å². The van der Waals surface area contributed by atoms with Crippen LogP contribution in [0.25, 0.3) is 0 Å². The van der Waals surface area contributed by atoms with E-state index in [1.807, 2.05) is 18.8 Å². The van der Waals surface area contributed by atoms with Gasteiger partial charge in [0.15, 0.2) is 5.69 Å². The maximum Gasteiger partial charge on any atom is 0.273 e.